The fraction of sp³-hybridized carbons (Fsp3) is 0.542. The van der Waals surface area contributed by atoms with Crippen LogP contribution in [0.15, 0.2) is 43.0 Å². The molecular formula is C24H33N3O3. The zero-order valence-electron chi connectivity index (χ0n) is 17.9. The lowest BCUT2D eigenvalue weighted by molar-refractivity contribution is -0.144. The van der Waals surface area contributed by atoms with Crippen molar-refractivity contribution in [2.75, 3.05) is 32.7 Å². The van der Waals surface area contributed by atoms with Crippen LogP contribution in [0.3, 0.4) is 0 Å². The van der Waals surface area contributed by atoms with Crippen molar-refractivity contribution in [1.82, 2.24) is 15.1 Å². The van der Waals surface area contributed by atoms with Crippen LogP contribution in [0.25, 0.3) is 0 Å². The third-order valence-electron chi connectivity index (χ3n) is 6.47. The van der Waals surface area contributed by atoms with Crippen molar-refractivity contribution >= 4 is 17.7 Å². The lowest BCUT2D eigenvalue weighted by Crippen LogP contribution is -2.56. The molecule has 6 heteroatoms. The molecule has 3 amide bonds. The minimum absolute atomic E-state index is 0.0505. The van der Waals surface area contributed by atoms with Gasteiger partial charge < -0.3 is 15.1 Å². The van der Waals surface area contributed by atoms with Gasteiger partial charge in [-0.1, -0.05) is 43.8 Å². The second-order valence-corrected chi connectivity index (χ2v) is 8.36. The summed E-state index contributed by atoms with van der Waals surface area (Å²) in [6.07, 6.45) is 5.05. The number of nitrogens with zero attached hydrogens (tertiary/aromatic N) is 2. The van der Waals surface area contributed by atoms with Crippen LogP contribution in [-0.2, 0) is 19.8 Å². The fourth-order valence-corrected chi connectivity index (χ4v) is 4.69. The Labute approximate surface area is 179 Å². The maximum atomic E-state index is 13.9. The van der Waals surface area contributed by atoms with E-state index in [2.05, 4.69) is 11.9 Å². The van der Waals surface area contributed by atoms with Crippen LogP contribution in [-0.4, -0.2) is 60.2 Å². The Bertz CT molecular complexity index is 769. The Morgan fingerprint density at radius 1 is 1.13 bits per heavy atom. The van der Waals surface area contributed by atoms with E-state index in [0.717, 1.165) is 24.8 Å². The summed E-state index contributed by atoms with van der Waals surface area (Å²) in [5.74, 6) is -0.0962. The van der Waals surface area contributed by atoms with Crippen LogP contribution in [0.5, 0.6) is 0 Å². The largest absolute Gasteiger partial charge is 0.356 e. The lowest BCUT2D eigenvalue weighted by Gasteiger charge is -2.45. The number of nitrogens with one attached hydrogen (secondary N) is 1. The van der Waals surface area contributed by atoms with E-state index in [1.165, 1.54) is 6.08 Å². The molecule has 0 bridgehead atoms. The Hall–Kier alpha value is -2.63. The second-order valence-electron chi connectivity index (χ2n) is 8.36. The zero-order valence-corrected chi connectivity index (χ0v) is 17.9. The van der Waals surface area contributed by atoms with E-state index in [1.54, 1.807) is 4.90 Å². The monoisotopic (exact) mass is 411 g/mol. The minimum Gasteiger partial charge on any atom is -0.356 e. The molecule has 1 atom stereocenters. The van der Waals surface area contributed by atoms with Crippen LogP contribution < -0.4 is 5.32 Å². The molecular weight excluding hydrogens is 378 g/mol. The molecule has 1 aromatic carbocycles. The maximum Gasteiger partial charge on any atom is 0.245 e. The van der Waals surface area contributed by atoms with Crippen LogP contribution in [0, 0.1) is 5.92 Å². The number of piperidine rings is 2. The van der Waals surface area contributed by atoms with Gasteiger partial charge in [0.2, 0.25) is 17.7 Å². The van der Waals surface area contributed by atoms with E-state index in [4.69, 9.17) is 0 Å². The molecule has 6 nitrogen and oxygen atoms in total. The predicted octanol–water partition coefficient (Wildman–Crippen LogP) is 2.50. The van der Waals surface area contributed by atoms with Gasteiger partial charge in [0, 0.05) is 32.7 Å². The van der Waals surface area contributed by atoms with Crippen molar-refractivity contribution in [3.8, 4) is 0 Å². The molecule has 162 valence electrons. The first-order valence-corrected chi connectivity index (χ1v) is 11.1. The molecule has 1 aromatic rings. The lowest BCUT2D eigenvalue weighted by atomic mass is 9.71. The summed E-state index contributed by atoms with van der Waals surface area (Å²) < 4.78 is 0. The minimum atomic E-state index is -0.652. The van der Waals surface area contributed by atoms with Crippen LogP contribution in [0.1, 0.15) is 44.6 Å². The second kappa shape index (κ2) is 9.92. The molecule has 1 N–H and O–H groups in total. The Kier molecular flexibility index (Phi) is 7.29. The quantitative estimate of drug-likeness (QED) is 0.731. The third-order valence-corrected chi connectivity index (χ3v) is 6.47. The number of carbonyl (C=O) groups excluding carboxylic acids is 3. The van der Waals surface area contributed by atoms with E-state index in [0.29, 0.717) is 45.6 Å². The summed E-state index contributed by atoms with van der Waals surface area (Å²) >= 11 is 0. The van der Waals surface area contributed by atoms with E-state index in [9.17, 15) is 14.4 Å². The fourth-order valence-electron chi connectivity index (χ4n) is 4.69. The Balaban J connectivity index is 1.80. The molecule has 1 unspecified atom stereocenters. The van der Waals surface area contributed by atoms with Gasteiger partial charge in [-0.05, 0) is 43.7 Å². The van der Waals surface area contributed by atoms with Gasteiger partial charge in [-0.2, -0.15) is 0 Å². The highest BCUT2D eigenvalue weighted by molar-refractivity contribution is 5.91. The van der Waals surface area contributed by atoms with Crippen LogP contribution >= 0.6 is 0 Å². The first-order chi connectivity index (χ1) is 14.5. The van der Waals surface area contributed by atoms with Crippen molar-refractivity contribution in [3.63, 3.8) is 0 Å². The van der Waals surface area contributed by atoms with E-state index in [-0.39, 0.29) is 23.6 Å². The van der Waals surface area contributed by atoms with Crippen molar-refractivity contribution in [2.24, 2.45) is 5.92 Å². The van der Waals surface area contributed by atoms with Crippen molar-refractivity contribution in [2.45, 2.75) is 44.4 Å². The van der Waals surface area contributed by atoms with Crippen LogP contribution in [0.4, 0.5) is 0 Å². The normalized spacial score (nSPS) is 21.0. The summed E-state index contributed by atoms with van der Waals surface area (Å²) in [5, 5.41) is 2.98. The smallest absolute Gasteiger partial charge is 0.245 e. The van der Waals surface area contributed by atoms with E-state index >= 15 is 0 Å². The van der Waals surface area contributed by atoms with Gasteiger partial charge in [-0.15, -0.1) is 0 Å². The van der Waals surface area contributed by atoms with Gasteiger partial charge >= 0.3 is 0 Å². The number of benzene rings is 1. The average molecular weight is 412 g/mol. The molecule has 0 aromatic heterocycles. The molecule has 0 saturated carbocycles. The number of rotatable bonds is 6. The highest BCUT2D eigenvalue weighted by Crippen LogP contribution is 2.38. The van der Waals surface area contributed by atoms with Gasteiger partial charge in [0.15, 0.2) is 0 Å². The van der Waals surface area contributed by atoms with Gasteiger partial charge in [-0.25, -0.2) is 0 Å². The molecule has 3 rings (SSSR count). The van der Waals surface area contributed by atoms with Gasteiger partial charge in [0.05, 0.1) is 11.3 Å². The zero-order chi connectivity index (χ0) is 21.6. The molecule has 2 heterocycles. The number of hydrogen-bond acceptors (Lipinski definition) is 3. The summed E-state index contributed by atoms with van der Waals surface area (Å²) in [5.41, 5.74) is 0.347. The third kappa shape index (κ3) is 4.58. The van der Waals surface area contributed by atoms with Gasteiger partial charge in [-0.3, -0.25) is 14.4 Å². The number of hydrogen-bond donors (Lipinski definition) is 1. The van der Waals surface area contributed by atoms with E-state index < -0.39 is 5.41 Å². The van der Waals surface area contributed by atoms with E-state index in [1.807, 2.05) is 42.2 Å². The van der Waals surface area contributed by atoms with Crippen molar-refractivity contribution in [3.05, 3.63) is 48.6 Å². The van der Waals surface area contributed by atoms with Crippen molar-refractivity contribution in [1.29, 1.82) is 0 Å². The standard InChI is InChI=1S/C24H33N3O3/c1-3-14-25-22(29)19-9-8-15-27(18-19)23(30)24(20-10-6-5-7-11-20)12-16-26(17-13-24)21(28)4-2/h4-7,10-11,19H,2-3,8-9,12-18H2,1H3,(H,25,29). The van der Waals surface area contributed by atoms with Crippen LogP contribution in [0.2, 0.25) is 0 Å². The molecule has 2 aliphatic rings. The number of carbonyl (C=O) groups is 3. The first kappa shape index (κ1) is 22.1. The summed E-state index contributed by atoms with van der Waals surface area (Å²) in [6, 6.07) is 9.90. The molecule has 30 heavy (non-hydrogen) atoms. The summed E-state index contributed by atoms with van der Waals surface area (Å²) in [7, 11) is 0. The predicted molar refractivity (Wildman–Crippen MR) is 117 cm³/mol. The maximum absolute atomic E-state index is 13.9. The molecule has 0 spiro atoms. The number of amides is 3. The average Bonchev–Trinajstić information content (AvgIpc) is 2.82. The SMILES string of the molecule is C=CC(=O)N1CCC(C(=O)N2CCCC(C(=O)NCCC)C2)(c2ccccc2)CC1. The Morgan fingerprint density at radius 3 is 2.47 bits per heavy atom. The topological polar surface area (TPSA) is 69.7 Å². The summed E-state index contributed by atoms with van der Waals surface area (Å²) in [6.45, 7) is 8.49. The van der Waals surface area contributed by atoms with Gasteiger partial charge in [0.1, 0.15) is 0 Å². The Morgan fingerprint density at radius 2 is 1.83 bits per heavy atom. The highest BCUT2D eigenvalue weighted by Gasteiger charge is 2.46. The summed E-state index contributed by atoms with van der Waals surface area (Å²) in [4.78, 5) is 42.1. The molecule has 2 fully saturated rings. The molecule has 0 radical (unpaired) electrons. The molecule has 0 aliphatic carbocycles. The molecule has 2 aliphatic heterocycles. The number of likely N-dealkylation sites (tertiary alicyclic amines) is 2. The van der Waals surface area contributed by atoms with Crippen molar-refractivity contribution < 1.29 is 14.4 Å². The van der Waals surface area contributed by atoms with Gasteiger partial charge in [0.25, 0.3) is 0 Å². The first-order valence-electron chi connectivity index (χ1n) is 11.1. The molecule has 2 saturated heterocycles. The highest BCUT2D eigenvalue weighted by atomic mass is 16.2.